The van der Waals surface area contributed by atoms with E-state index in [1.165, 1.54) is 6.07 Å². The average Bonchev–Trinajstić information content (AvgIpc) is 3.15. The number of urea groups is 1. The quantitative estimate of drug-likeness (QED) is 0.563. The molecule has 1 aliphatic rings. The molecule has 2 N–H and O–H groups in total. The Hall–Kier alpha value is -2.94. The van der Waals surface area contributed by atoms with Gasteiger partial charge in [0.1, 0.15) is 0 Å². The fraction of sp³-hybridized carbons (Fsp3) is 0.333. The number of H-pyrrole nitrogens is 1. The van der Waals surface area contributed by atoms with E-state index < -0.39 is 11.7 Å². The van der Waals surface area contributed by atoms with Crippen LogP contribution in [-0.4, -0.2) is 46.8 Å². The Morgan fingerprint density at radius 3 is 2.77 bits per heavy atom. The summed E-state index contributed by atoms with van der Waals surface area (Å²) in [5, 5.41) is 10.3. The summed E-state index contributed by atoms with van der Waals surface area (Å²) in [6.07, 6.45) is -3.86. The van der Waals surface area contributed by atoms with Crippen LogP contribution in [0.1, 0.15) is 18.9 Å². The van der Waals surface area contributed by atoms with Gasteiger partial charge in [-0.3, -0.25) is 10.4 Å². The number of hydrogen-bond donors (Lipinski definition) is 2. The number of amides is 2. The molecule has 1 atom stereocenters. The number of aromatic amines is 1. The molecule has 10 heteroatoms. The summed E-state index contributed by atoms with van der Waals surface area (Å²) in [5.41, 5.74) is 0.409. The molecule has 0 saturated carbocycles. The van der Waals surface area contributed by atoms with Gasteiger partial charge in [0, 0.05) is 36.7 Å². The Labute approximate surface area is 182 Å². The Morgan fingerprint density at radius 1 is 1.26 bits per heavy atom. The molecular weight excluding hydrogens is 431 g/mol. The normalized spacial score (nSPS) is 17.3. The van der Waals surface area contributed by atoms with Crippen molar-refractivity contribution in [3.63, 3.8) is 0 Å². The minimum absolute atomic E-state index is 0.127. The van der Waals surface area contributed by atoms with Crippen LogP contribution < -0.4 is 10.2 Å². The van der Waals surface area contributed by atoms with Crippen molar-refractivity contribution >= 4 is 40.0 Å². The number of anilines is 2. The maximum absolute atomic E-state index is 13.3. The second-order valence-corrected chi connectivity index (χ2v) is 7.82. The van der Waals surface area contributed by atoms with E-state index in [0.29, 0.717) is 37.6 Å². The van der Waals surface area contributed by atoms with E-state index in [1.54, 1.807) is 11.0 Å². The SMILES string of the molecule is CCC1CN(C(=O)Nc2n[nH]c3ccccc23)CCN1c1ccc(Cl)c(C(F)(F)F)c1. The molecule has 6 nitrogen and oxygen atoms in total. The average molecular weight is 452 g/mol. The maximum atomic E-state index is 13.3. The fourth-order valence-electron chi connectivity index (χ4n) is 3.88. The third-order valence-corrected chi connectivity index (χ3v) is 5.85. The molecule has 0 aliphatic carbocycles. The molecule has 2 amide bonds. The lowest BCUT2D eigenvalue weighted by Crippen LogP contribution is -2.55. The number of alkyl halides is 3. The van der Waals surface area contributed by atoms with E-state index in [1.807, 2.05) is 36.1 Å². The summed E-state index contributed by atoms with van der Waals surface area (Å²) >= 11 is 5.76. The molecule has 1 saturated heterocycles. The van der Waals surface area contributed by atoms with E-state index in [2.05, 4.69) is 15.5 Å². The van der Waals surface area contributed by atoms with Crippen LogP contribution in [0.2, 0.25) is 5.02 Å². The van der Waals surface area contributed by atoms with Crippen molar-refractivity contribution in [2.45, 2.75) is 25.6 Å². The van der Waals surface area contributed by atoms with Crippen molar-refractivity contribution in [1.29, 1.82) is 0 Å². The second-order valence-electron chi connectivity index (χ2n) is 7.41. The molecule has 3 aromatic rings. The zero-order chi connectivity index (χ0) is 22.2. The van der Waals surface area contributed by atoms with Crippen LogP contribution in [0, 0.1) is 0 Å². The van der Waals surface area contributed by atoms with Crippen LogP contribution in [0.4, 0.5) is 29.5 Å². The molecule has 1 fully saturated rings. The summed E-state index contributed by atoms with van der Waals surface area (Å²) in [6.45, 7) is 3.11. The number of benzene rings is 2. The number of rotatable bonds is 3. The molecule has 164 valence electrons. The van der Waals surface area contributed by atoms with E-state index in [-0.39, 0.29) is 17.1 Å². The minimum atomic E-state index is -4.52. The van der Waals surface area contributed by atoms with Gasteiger partial charge in [-0.25, -0.2) is 4.79 Å². The molecule has 1 aliphatic heterocycles. The highest BCUT2D eigenvalue weighted by atomic mass is 35.5. The molecule has 2 heterocycles. The minimum Gasteiger partial charge on any atom is -0.365 e. The lowest BCUT2D eigenvalue weighted by atomic mass is 10.1. The van der Waals surface area contributed by atoms with Crippen molar-refractivity contribution in [2.24, 2.45) is 0 Å². The number of nitrogens with zero attached hydrogens (tertiary/aromatic N) is 3. The van der Waals surface area contributed by atoms with E-state index in [0.717, 1.165) is 17.0 Å². The van der Waals surface area contributed by atoms with E-state index in [4.69, 9.17) is 11.6 Å². The Bertz CT molecular complexity index is 1100. The monoisotopic (exact) mass is 451 g/mol. The van der Waals surface area contributed by atoms with Crippen LogP contribution in [0.15, 0.2) is 42.5 Å². The number of halogens is 4. The molecule has 1 aromatic heterocycles. The van der Waals surface area contributed by atoms with Crippen LogP contribution in [-0.2, 0) is 6.18 Å². The van der Waals surface area contributed by atoms with Gasteiger partial charge in [0.15, 0.2) is 5.82 Å². The molecule has 4 rings (SSSR count). The molecule has 1 unspecified atom stereocenters. The lowest BCUT2D eigenvalue weighted by Gasteiger charge is -2.42. The van der Waals surface area contributed by atoms with Gasteiger partial charge < -0.3 is 9.80 Å². The fourth-order valence-corrected chi connectivity index (χ4v) is 4.10. The number of carbonyl (C=O) groups excluding carboxylic acids is 1. The number of para-hydroxylation sites is 1. The van der Waals surface area contributed by atoms with Crippen molar-refractivity contribution < 1.29 is 18.0 Å². The number of aromatic nitrogens is 2. The standard InChI is InChI=1S/C21H21ClF3N5O/c1-2-13-12-29(20(31)26-19-15-5-3-4-6-18(15)27-28-19)9-10-30(13)14-7-8-17(22)16(11-14)21(23,24)25/h3-8,11,13H,2,9-10,12H2,1H3,(H2,26,27,28,31). The number of nitrogens with one attached hydrogen (secondary N) is 2. The number of carbonyl (C=O) groups is 1. The largest absolute Gasteiger partial charge is 0.417 e. The molecule has 31 heavy (non-hydrogen) atoms. The van der Waals surface area contributed by atoms with Crippen molar-refractivity contribution in [2.75, 3.05) is 29.9 Å². The van der Waals surface area contributed by atoms with Crippen LogP contribution in [0.3, 0.4) is 0 Å². The summed E-state index contributed by atoms with van der Waals surface area (Å²) < 4.78 is 39.8. The van der Waals surface area contributed by atoms with E-state index >= 15 is 0 Å². The van der Waals surface area contributed by atoms with Gasteiger partial charge in [0.2, 0.25) is 0 Å². The molecule has 0 spiro atoms. The zero-order valence-electron chi connectivity index (χ0n) is 16.7. The third-order valence-electron chi connectivity index (χ3n) is 5.52. The first-order valence-corrected chi connectivity index (χ1v) is 10.3. The van der Waals surface area contributed by atoms with Gasteiger partial charge >= 0.3 is 12.2 Å². The molecule has 0 radical (unpaired) electrons. The summed E-state index contributed by atoms with van der Waals surface area (Å²) in [4.78, 5) is 16.4. The van der Waals surface area contributed by atoms with Gasteiger partial charge in [-0.2, -0.15) is 18.3 Å². The van der Waals surface area contributed by atoms with Gasteiger partial charge in [-0.15, -0.1) is 0 Å². The number of fused-ring (bicyclic) bond motifs is 1. The van der Waals surface area contributed by atoms with Crippen LogP contribution >= 0.6 is 11.6 Å². The Kier molecular flexibility index (Phi) is 5.70. The lowest BCUT2D eigenvalue weighted by molar-refractivity contribution is -0.137. The van der Waals surface area contributed by atoms with Gasteiger partial charge in [-0.1, -0.05) is 30.7 Å². The first kappa shape index (κ1) is 21.3. The second kappa shape index (κ2) is 8.30. The smallest absolute Gasteiger partial charge is 0.365 e. The van der Waals surface area contributed by atoms with Crippen molar-refractivity contribution in [1.82, 2.24) is 15.1 Å². The molecule has 2 aromatic carbocycles. The summed E-state index contributed by atoms with van der Waals surface area (Å²) in [7, 11) is 0. The highest BCUT2D eigenvalue weighted by molar-refractivity contribution is 6.31. The highest BCUT2D eigenvalue weighted by Crippen LogP contribution is 2.37. The van der Waals surface area contributed by atoms with Crippen LogP contribution in [0.25, 0.3) is 10.9 Å². The Balaban J connectivity index is 1.49. The molecule has 0 bridgehead atoms. The summed E-state index contributed by atoms with van der Waals surface area (Å²) in [5.74, 6) is 0.448. The van der Waals surface area contributed by atoms with Crippen LogP contribution in [0.5, 0.6) is 0 Å². The highest BCUT2D eigenvalue weighted by Gasteiger charge is 2.35. The first-order valence-electron chi connectivity index (χ1n) is 9.90. The van der Waals surface area contributed by atoms with Crippen molar-refractivity contribution in [3.05, 3.63) is 53.1 Å². The van der Waals surface area contributed by atoms with Gasteiger partial charge in [0.05, 0.1) is 16.1 Å². The number of hydrogen-bond acceptors (Lipinski definition) is 3. The first-order chi connectivity index (χ1) is 14.8. The maximum Gasteiger partial charge on any atom is 0.417 e. The Morgan fingerprint density at radius 2 is 2.03 bits per heavy atom. The third kappa shape index (κ3) is 4.27. The number of piperazine rings is 1. The summed E-state index contributed by atoms with van der Waals surface area (Å²) in [6, 6.07) is 11.0. The predicted molar refractivity (Wildman–Crippen MR) is 115 cm³/mol. The topological polar surface area (TPSA) is 64.3 Å². The van der Waals surface area contributed by atoms with Crippen molar-refractivity contribution in [3.8, 4) is 0 Å². The van der Waals surface area contributed by atoms with Gasteiger partial charge in [0.25, 0.3) is 0 Å². The zero-order valence-corrected chi connectivity index (χ0v) is 17.5. The van der Waals surface area contributed by atoms with Gasteiger partial charge in [-0.05, 0) is 36.8 Å². The van der Waals surface area contributed by atoms with E-state index in [9.17, 15) is 18.0 Å². The predicted octanol–water partition coefficient (Wildman–Crippen LogP) is 5.37. The molecular formula is C21H21ClF3N5O.